The number of carboxylic acids is 1. The highest BCUT2D eigenvalue weighted by atomic mass is 16.5. The molecule has 2 aromatic heterocycles. The molecule has 8 nitrogen and oxygen atoms in total. The maximum absolute atomic E-state index is 11.0. The number of nitrogens with zero attached hydrogens (tertiary/aromatic N) is 5. The molecular formula is C9H9N5O3. The van der Waals surface area contributed by atoms with Gasteiger partial charge in [0.1, 0.15) is 6.54 Å². The van der Waals surface area contributed by atoms with E-state index in [0.29, 0.717) is 11.6 Å². The topological polar surface area (TPSA) is 107 Å². The molecule has 2 aromatic rings. The van der Waals surface area contributed by atoms with Crippen LogP contribution in [0.25, 0.3) is 0 Å². The average molecular weight is 235 g/mol. The second-order valence-corrected chi connectivity index (χ2v) is 3.90. The first-order valence-corrected chi connectivity index (χ1v) is 5.18. The summed E-state index contributed by atoms with van der Waals surface area (Å²) in [6, 6.07) is 0. The van der Waals surface area contributed by atoms with E-state index in [1.54, 1.807) is 0 Å². The molecule has 0 bridgehead atoms. The lowest BCUT2D eigenvalue weighted by molar-refractivity contribution is 0.0689. The normalized spacial score (nSPS) is 15.1. The summed E-state index contributed by atoms with van der Waals surface area (Å²) < 4.78 is 6.39. The summed E-state index contributed by atoms with van der Waals surface area (Å²) in [5.41, 5.74) is 0.669. The smallest absolute Gasteiger partial charge is 0.358 e. The zero-order chi connectivity index (χ0) is 11.8. The molecular weight excluding hydrogens is 226 g/mol. The van der Waals surface area contributed by atoms with Crippen molar-refractivity contribution in [2.24, 2.45) is 0 Å². The maximum atomic E-state index is 11.0. The van der Waals surface area contributed by atoms with Crippen molar-refractivity contribution < 1.29 is 14.4 Å². The number of carbonyl (C=O) groups is 1. The van der Waals surface area contributed by atoms with Gasteiger partial charge in [-0.3, -0.25) is 0 Å². The zero-order valence-corrected chi connectivity index (χ0v) is 8.78. The van der Waals surface area contributed by atoms with Gasteiger partial charge < -0.3 is 9.63 Å². The van der Waals surface area contributed by atoms with Crippen molar-refractivity contribution in [2.45, 2.75) is 25.3 Å². The highest BCUT2D eigenvalue weighted by molar-refractivity contribution is 5.86. The largest absolute Gasteiger partial charge is 0.476 e. The molecule has 0 aliphatic heterocycles. The minimum Gasteiger partial charge on any atom is -0.476 e. The van der Waals surface area contributed by atoms with E-state index in [0.717, 1.165) is 12.8 Å². The minimum absolute atomic E-state index is 0.0204. The van der Waals surface area contributed by atoms with Gasteiger partial charge in [-0.15, -0.1) is 5.10 Å². The Morgan fingerprint density at radius 1 is 1.59 bits per heavy atom. The van der Waals surface area contributed by atoms with E-state index in [1.165, 1.54) is 11.0 Å². The van der Waals surface area contributed by atoms with E-state index in [4.69, 9.17) is 9.63 Å². The summed E-state index contributed by atoms with van der Waals surface area (Å²) in [4.78, 5) is 14.9. The minimum atomic E-state index is -1.05. The molecule has 1 fully saturated rings. The highest BCUT2D eigenvalue weighted by Crippen LogP contribution is 2.41. The van der Waals surface area contributed by atoms with Crippen LogP contribution in [0, 0.1) is 0 Å². The molecule has 0 amide bonds. The fraction of sp³-hybridized carbons (Fsp3) is 0.444. The van der Waals surface area contributed by atoms with Crippen LogP contribution in [0.1, 0.15) is 40.8 Å². The van der Waals surface area contributed by atoms with E-state index >= 15 is 0 Å². The van der Waals surface area contributed by atoms with Gasteiger partial charge in [-0.1, -0.05) is 10.4 Å². The van der Waals surface area contributed by atoms with Gasteiger partial charge in [0.25, 0.3) is 0 Å². The monoisotopic (exact) mass is 235 g/mol. The molecule has 0 unspecified atom stereocenters. The van der Waals surface area contributed by atoms with E-state index in [1.807, 2.05) is 0 Å². The van der Waals surface area contributed by atoms with Gasteiger partial charge in [-0.25, -0.2) is 9.48 Å². The first kappa shape index (κ1) is 9.94. The van der Waals surface area contributed by atoms with Crippen LogP contribution in [0.5, 0.6) is 0 Å². The van der Waals surface area contributed by atoms with E-state index in [9.17, 15) is 4.79 Å². The first-order chi connectivity index (χ1) is 8.25. The summed E-state index contributed by atoms with van der Waals surface area (Å²) >= 11 is 0. The Hall–Kier alpha value is -2.25. The summed E-state index contributed by atoms with van der Waals surface area (Å²) in [5, 5.41) is 20.0. The van der Waals surface area contributed by atoms with Crippen molar-refractivity contribution >= 4 is 5.97 Å². The lowest BCUT2D eigenvalue weighted by Crippen LogP contribution is -2.08. The SMILES string of the molecule is O=C(O)c1nnn(Cc2ncno2)c1C1CC1. The zero-order valence-electron chi connectivity index (χ0n) is 8.78. The maximum Gasteiger partial charge on any atom is 0.358 e. The van der Waals surface area contributed by atoms with E-state index < -0.39 is 5.97 Å². The number of aromatic carboxylic acids is 1. The van der Waals surface area contributed by atoms with Crippen LogP contribution in [0.4, 0.5) is 0 Å². The van der Waals surface area contributed by atoms with Crippen molar-refractivity contribution in [3.05, 3.63) is 23.6 Å². The summed E-state index contributed by atoms with van der Waals surface area (Å²) in [6.45, 7) is 0.256. The highest BCUT2D eigenvalue weighted by Gasteiger charge is 2.34. The van der Waals surface area contributed by atoms with Crippen LogP contribution in [0.3, 0.4) is 0 Å². The molecule has 0 radical (unpaired) electrons. The van der Waals surface area contributed by atoms with Crippen LogP contribution in [0.15, 0.2) is 10.9 Å². The summed E-state index contributed by atoms with van der Waals surface area (Å²) in [6.07, 6.45) is 3.23. The van der Waals surface area contributed by atoms with Crippen molar-refractivity contribution in [2.75, 3.05) is 0 Å². The van der Waals surface area contributed by atoms with Crippen molar-refractivity contribution in [1.29, 1.82) is 0 Å². The predicted octanol–water partition coefficient (Wildman–Crippen LogP) is 0.285. The molecule has 0 atom stereocenters. The van der Waals surface area contributed by atoms with Crippen molar-refractivity contribution in [3.8, 4) is 0 Å². The Bertz CT molecular complexity index is 543. The third-order valence-electron chi connectivity index (χ3n) is 2.63. The van der Waals surface area contributed by atoms with Gasteiger partial charge in [-0.2, -0.15) is 4.98 Å². The van der Waals surface area contributed by atoms with E-state index in [-0.39, 0.29) is 18.2 Å². The number of rotatable bonds is 4. The van der Waals surface area contributed by atoms with Crippen molar-refractivity contribution in [3.63, 3.8) is 0 Å². The van der Waals surface area contributed by atoms with Crippen LogP contribution in [-0.4, -0.2) is 36.2 Å². The molecule has 1 aliphatic rings. The van der Waals surface area contributed by atoms with Crippen molar-refractivity contribution in [1.82, 2.24) is 25.1 Å². The number of hydrogen-bond donors (Lipinski definition) is 1. The molecule has 0 spiro atoms. The quantitative estimate of drug-likeness (QED) is 0.811. The third-order valence-corrected chi connectivity index (χ3v) is 2.63. The second-order valence-electron chi connectivity index (χ2n) is 3.90. The number of aromatic nitrogens is 5. The van der Waals surface area contributed by atoms with Crippen LogP contribution in [0.2, 0.25) is 0 Å². The number of hydrogen-bond acceptors (Lipinski definition) is 6. The first-order valence-electron chi connectivity index (χ1n) is 5.18. The molecule has 0 saturated heterocycles. The Kier molecular flexibility index (Phi) is 2.13. The Balaban J connectivity index is 1.96. The van der Waals surface area contributed by atoms with Gasteiger partial charge >= 0.3 is 5.97 Å². The molecule has 1 aliphatic carbocycles. The molecule has 3 rings (SSSR count). The molecule has 1 N–H and O–H groups in total. The predicted molar refractivity (Wildman–Crippen MR) is 52.4 cm³/mol. The van der Waals surface area contributed by atoms with Crippen LogP contribution in [-0.2, 0) is 6.54 Å². The van der Waals surface area contributed by atoms with Crippen LogP contribution >= 0.6 is 0 Å². The molecule has 0 aromatic carbocycles. The van der Waals surface area contributed by atoms with Gasteiger partial charge in [0.15, 0.2) is 12.0 Å². The number of carboxylic acid groups (broad SMARTS) is 1. The standard InChI is InChI=1S/C9H9N5O3/c15-9(16)7-8(5-1-2-5)14(13-12-7)3-6-10-4-11-17-6/h4-5H,1-3H2,(H,15,16). The van der Waals surface area contributed by atoms with Gasteiger partial charge in [-0.05, 0) is 12.8 Å². The van der Waals surface area contributed by atoms with E-state index in [2.05, 4.69) is 20.5 Å². The lowest BCUT2D eigenvalue weighted by atomic mass is 10.2. The Morgan fingerprint density at radius 2 is 2.41 bits per heavy atom. The lowest BCUT2D eigenvalue weighted by Gasteiger charge is -2.02. The molecule has 88 valence electrons. The molecule has 1 saturated carbocycles. The summed E-state index contributed by atoms with van der Waals surface area (Å²) in [7, 11) is 0. The van der Waals surface area contributed by atoms with Gasteiger partial charge in [0.2, 0.25) is 5.89 Å². The average Bonchev–Trinajstić information content (AvgIpc) is 2.85. The fourth-order valence-electron chi connectivity index (χ4n) is 1.74. The van der Waals surface area contributed by atoms with Gasteiger partial charge in [0.05, 0.1) is 5.69 Å². The molecule has 17 heavy (non-hydrogen) atoms. The second kappa shape index (κ2) is 3.65. The summed E-state index contributed by atoms with van der Waals surface area (Å²) in [5.74, 6) is -0.434. The van der Waals surface area contributed by atoms with Gasteiger partial charge in [0, 0.05) is 5.92 Å². The Labute approximate surface area is 95.2 Å². The fourth-order valence-corrected chi connectivity index (χ4v) is 1.74. The Morgan fingerprint density at radius 3 is 3.00 bits per heavy atom. The molecule has 8 heteroatoms. The third kappa shape index (κ3) is 1.77. The molecule has 2 heterocycles. The van der Waals surface area contributed by atoms with Crippen LogP contribution < -0.4 is 0 Å².